The predicted molar refractivity (Wildman–Crippen MR) is 76.5 cm³/mol. The summed E-state index contributed by atoms with van der Waals surface area (Å²) in [5.41, 5.74) is 2.05. The van der Waals surface area contributed by atoms with Crippen LogP contribution in [0.4, 0.5) is 0 Å². The Hall–Kier alpha value is -2.14. The van der Waals surface area contributed by atoms with E-state index in [1.807, 2.05) is 47.8 Å². The highest BCUT2D eigenvalue weighted by Crippen LogP contribution is 2.28. The summed E-state index contributed by atoms with van der Waals surface area (Å²) in [7, 11) is 0. The predicted octanol–water partition coefficient (Wildman–Crippen LogP) is 2.81. The van der Waals surface area contributed by atoms with Gasteiger partial charge >= 0.3 is 0 Å². The zero-order chi connectivity index (χ0) is 13.2. The first-order valence-electron chi connectivity index (χ1n) is 6.11. The third kappa shape index (κ3) is 2.13. The van der Waals surface area contributed by atoms with Gasteiger partial charge in [-0.15, -0.1) is 11.3 Å². The van der Waals surface area contributed by atoms with Crippen molar-refractivity contribution in [3.8, 4) is 10.6 Å². The molecular weight excluding hydrogens is 258 g/mol. The van der Waals surface area contributed by atoms with Crippen LogP contribution in [0.25, 0.3) is 16.1 Å². The maximum Gasteiger partial charge on any atom is 0.261 e. The topological polar surface area (TPSA) is 46.4 Å². The smallest absolute Gasteiger partial charge is 0.261 e. The molecule has 0 aliphatic heterocycles. The molecule has 0 saturated carbocycles. The quantitative estimate of drug-likeness (QED) is 0.796. The molecule has 0 saturated heterocycles. The number of thiophene rings is 1. The average Bonchev–Trinajstić information content (AvgIpc) is 3.07. The van der Waals surface area contributed by atoms with Crippen molar-refractivity contribution >= 4 is 22.8 Å². The molecular formula is C14H13N3OS. The second-order valence-corrected chi connectivity index (χ2v) is 5.19. The maximum atomic E-state index is 11.8. The summed E-state index contributed by atoms with van der Waals surface area (Å²) in [4.78, 5) is 13.5. The second-order valence-electron chi connectivity index (χ2n) is 4.10. The number of amides is 1. The van der Waals surface area contributed by atoms with Gasteiger partial charge in [0, 0.05) is 6.54 Å². The van der Waals surface area contributed by atoms with Gasteiger partial charge in [0.2, 0.25) is 0 Å². The Kier molecular flexibility index (Phi) is 3.05. The SMILES string of the molecule is CCNC(=O)c1ccc(-c2cccc3ccnn23)s1. The molecule has 0 bridgehead atoms. The molecule has 0 aromatic carbocycles. The maximum absolute atomic E-state index is 11.8. The number of rotatable bonds is 3. The zero-order valence-corrected chi connectivity index (χ0v) is 11.3. The van der Waals surface area contributed by atoms with Gasteiger partial charge in [-0.3, -0.25) is 4.79 Å². The molecule has 1 N–H and O–H groups in total. The summed E-state index contributed by atoms with van der Waals surface area (Å²) in [6, 6.07) is 11.8. The molecule has 0 aliphatic carbocycles. The molecule has 3 aromatic rings. The second kappa shape index (κ2) is 4.85. The first-order chi connectivity index (χ1) is 9.29. The van der Waals surface area contributed by atoms with Gasteiger partial charge in [-0.25, -0.2) is 4.52 Å². The molecule has 0 spiro atoms. The molecule has 4 nitrogen and oxygen atoms in total. The standard InChI is InChI=1S/C14H13N3OS/c1-2-15-14(18)13-7-6-12(19-13)11-5-3-4-10-8-9-16-17(10)11/h3-9H,2H2,1H3,(H,15,18). The fraction of sp³-hybridized carbons (Fsp3) is 0.143. The van der Waals surface area contributed by atoms with Crippen molar-refractivity contribution in [1.29, 1.82) is 0 Å². The number of nitrogens with one attached hydrogen (secondary N) is 1. The van der Waals surface area contributed by atoms with Gasteiger partial charge < -0.3 is 5.32 Å². The summed E-state index contributed by atoms with van der Waals surface area (Å²) in [6.45, 7) is 2.55. The highest BCUT2D eigenvalue weighted by Gasteiger charge is 2.11. The van der Waals surface area contributed by atoms with Crippen molar-refractivity contribution in [3.05, 3.63) is 47.5 Å². The van der Waals surface area contributed by atoms with Gasteiger partial charge in [0.05, 0.1) is 27.2 Å². The molecule has 3 heterocycles. The van der Waals surface area contributed by atoms with Gasteiger partial charge in [0.15, 0.2) is 0 Å². The summed E-state index contributed by atoms with van der Waals surface area (Å²) >= 11 is 1.48. The van der Waals surface area contributed by atoms with Crippen molar-refractivity contribution in [3.63, 3.8) is 0 Å². The summed E-state index contributed by atoms with van der Waals surface area (Å²) in [5.74, 6) is -0.0219. The summed E-state index contributed by atoms with van der Waals surface area (Å²) in [6.07, 6.45) is 1.77. The van der Waals surface area contributed by atoms with E-state index in [0.717, 1.165) is 21.0 Å². The Morgan fingerprint density at radius 3 is 3.05 bits per heavy atom. The van der Waals surface area contributed by atoms with E-state index < -0.39 is 0 Å². The molecule has 0 aliphatic rings. The molecule has 5 heteroatoms. The molecule has 0 unspecified atom stereocenters. The largest absolute Gasteiger partial charge is 0.352 e. The molecule has 19 heavy (non-hydrogen) atoms. The first kappa shape index (κ1) is 11.9. The van der Waals surface area contributed by atoms with Crippen LogP contribution in [-0.2, 0) is 0 Å². The minimum absolute atomic E-state index is 0.0219. The van der Waals surface area contributed by atoms with E-state index in [-0.39, 0.29) is 5.91 Å². The van der Waals surface area contributed by atoms with Crippen LogP contribution in [0.3, 0.4) is 0 Å². The van der Waals surface area contributed by atoms with Crippen molar-refractivity contribution in [2.75, 3.05) is 6.54 Å². The molecule has 96 valence electrons. The number of pyridine rings is 1. The number of aromatic nitrogens is 2. The van der Waals surface area contributed by atoms with Gasteiger partial charge in [0.25, 0.3) is 5.91 Å². The van der Waals surface area contributed by atoms with E-state index in [1.54, 1.807) is 6.20 Å². The van der Waals surface area contributed by atoms with E-state index >= 15 is 0 Å². The van der Waals surface area contributed by atoms with Crippen LogP contribution in [0, 0.1) is 0 Å². The highest BCUT2D eigenvalue weighted by atomic mass is 32.1. The number of hydrogen-bond donors (Lipinski definition) is 1. The Bertz CT molecular complexity index is 729. The van der Waals surface area contributed by atoms with Crippen molar-refractivity contribution in [2.45, 2.75) is 6.92 Å². The molecule has 3 aromatic heterocycles. The van der Waals surface area contributed by atoms with Crippen LogP contribution in [0.5, 0.6) is 0 Å². The Morgan fingerprint density at radius 1 is 1.32 bits per heavy atom. The lowest BCUT2D eigenvalue weighted by molar-refractivity contribution is 0.0960. The van der Waals surface area contributed by atoms with Crippen LogP contribution >= 0.6 is 11.3 Å². The van der Waals surface area contributed by atoms with E-state index in [0.29, 0.717) is 6.54 Å². The number of hydrogen-bond acceptors (Lipinski definition) is 3. The van der Waals surface area contributed by atoms with Crippen molar-refractivity contribution in [2.24, 2.45) is 0 Å². The normalized spacial score (nSPS) is 10.8. The summed E-state index contributed by atoms with van der Waals surface area (Å²) in [5, 5.41) is 7.12. The number of carbonyl (C=O) groups excluding carboxylic acids is 1. The van der Waals surface area contributed by atoms with Gasteiger partial charge in [-0.2, -0.15) is 5.10 Å². The monoisotopic (exact) mass is 271 g/mol. The van der Waals surface area contributed by atoms with Gasteiger partial charge in [0.1, 0.15) is 0 Å². The number of fused-ring (bicyclic) bond motifs is 1. The number of nitrogens with zero attached hydrogens (tertiary/aromatic N) is 2. The van der Waals surface area contributed by atoms with Crippen LogP contribution in [0.15, 0.2) is 42.6 Å². The van der Waals surface area contributed by atoms with Crippen LogP contribution in [0.1, 0.15) is 16.6 Å². The Labute approximate surface area is 114 Å². The fourth-order valence-electron chi connectivity index (χ4n) is 1.98. The Morgan fingerprint density at radius 2 is 2.21 bits per heavy atom. The molecule has 1 amide bonds. The molecule has 0 atom stereocenters. The minimum atomic E-state index is -0.0219. The lowest BCUT2D eigenvalue weighted by Gasteiger charge is -2.01. The van der Waals surface area contributed by atoms with Crippen LogP contribution < -0.4 is 5.32 Å². The lowest BCUT2D eigenvalue weighted by atomic mass is 10.3. The van der Waals surface area contributed by atoms with Gasteiger partial charge in [-0.1, -0.05) is 6.07 Å². The minimum Gasteiger partial charge on any atom is -0.352 e. The molecule has 0 fully saturated rings. The van der Waals surface area contributed by atoms with Crippen LogP contribution in [0.2, 0.25) is 0 Å². The zero-order valence-electron chi connectivity index (χ0n) is 10.5. The summed E-state index contributed by atoms with van der Waals surface area (Å²) < 4.78 is 1.88. The fourth-order valence-corrected chi connectivity index (χ4v) is 2.91. The van der Waals surface area contributed by atoms with E-state index in [1.165, 1.54) is 11.3 Å². The first-order valence-corrected chi connectivity index (χ1v) is 6.92. The average molecular weight is 271 g/mol. The third-order valence-corrected chi connectivity index (χ3v) is 3.95. The third-order valence-electron chi connectivity index (χ3n) is 2.84. The van der Waals surface area contributed by atoms with E-state index in [9.17, 15) is 4.79 Å². The number of carbonyl (C=O) groups is 1. The van der Waals surface area contributed by atoms with Crippen molar-refractivity contribution < 1.29 is 4.79 Å². The van der Waals surface area contributed by atoms with E-state index in [2.05, 4.69) is 10.4 Å². The molecule has 3 rings (SSSR count). The molecule has 0 radical (unpaired) electrons. The van der Waals surface area contributed by atoms with Crippen LogP contribution in [-0.4, -0.2) is 22.1 Å². The van der Waals surface area contributed by atoms with Crippen molar-refractivity contribution in [1.82, 2.24) is 14.9 Å². The highest BCUT2D eigenvalue weighted by molar-refractivity contribution is 7.17. The lowest BCUT2D eigenvalue weighted by Crippen LogP contribution is -2.21. The van der Waals surface area contributed by atoms with E-state index in [4.69, 9.17) is 0 Å². The van der Waals surface area contributed by atoms with Gasteiger partial charge in [-0.05, 0) is 37.3 Å². The Balaban J connectivity index is 2.03.